The van der Waals surface area contributed by atoms with Gasteiger partial charge < -0.3 is 4.90 Å². The van der Waals surface area contributed by atoms with E-state index in [2.05, 4.69) is 0 Å². The van der Waals surface area contributed by atoms with Gasteiger partial charge in [0.2, 0.25) is 0 Å². The first-order chi connectivity index (χ1) is 9.97. The number of carbonyl (C=O) groups is 1. The Labute approximate surface area is 130 Å². The Kier molecular flexibility index (Phi) is 4.81. The molecule has 3 heteroatoms. The van der Waals surface area contributed by atoms with Crippen LogP contribution in [-0.2, 0) is 0 Å². The second kappa shape index (κ2) is 6.59. The minimum Gasteiger partial charge on any atom is -0.378 e. The van der Waals surface area contributed by atoms with Gasteiger partial charge in [-0.3, -0.25) is 4.79 Å². The van der Waals surface area contributed by atoms with E-state index in [1.54, 1.807) is 12.2 Å². The molecule has 0 radical (unpaired) electrons. The topological polar surface area (TPSA) is 20.3 Å². The number of hydrogen-bond donors (Lipinski definition) is 0. The molecule has 0 spiro atoms. The summed E-state index contributed by atoms with van der Waals surface area (Å²) in [6.07, 6.45) is 3.31. The van der Waals surface area contributed by atoms with Crippen molar-refractivity contribution in [2.75, 3.05) is 19.0 Å². The summed E-state index contributed by atoms with van der Waals surface area (Å²) in [6.45, 7) is 2.00. The van der Waals surface area contributed by atoms with Crippen molar-refractivity contribution in [2.45, 2.75) is 6.92 Å². The molecule has 0 atom stereocenters. The van der Waals surface area contributed by atoms with Gasteiger partial charge in [-0.2, -0.15) is 0 Å². The first-order valence-corrected chi connectivity index (χ1v) is 7.11. The summed E-state index contributed by atoms with van der Waals surface area (Å²) in [5, 5.41) is 0.633. The SMILES string of the molecule is Cc1ccc(C(=O)C=Cc2ccc(N(C)C)cc2Cl)cc1. The number of anilines is 1. The first kappa shape index (κ1) is 15.3. The molecule has 0 saturated carbocycles. The van der Waals surface area contributed by atoms with Crippen LogP contribution in [0.1, 0.15) is 21.5 Å². The maximum absolute atomic E-state index is 12.1. The molecule has 0 aromatic heterocycles. The van der Waals surface area contributed by atoms with Crippen LogP contribution in [0.3, 0.4) is 0 Å². The molecule has 2 nitrogen and oxygen atoms in total. The quantitative estimate of drug-likeness (QED) is 0.607. The number of carbonyl (C=O) groups excluding carboxylic acids is 1. The van der Waals surface area contributed by atoms with Gasteiger partial charge in [-0.15, -0.1) is 0 Å². The number of nitrogens with zero attached hydrogens (tertiary/aromatic N) is 1. The molecule has 2 aromatic carbocycles. The molecule has 0 unspecified atom stereocenters. The molecular formula is C18H18ClNO. The molecule has 108 valence electrons. The Morgan fingerprint density at radius 1 is 1.10 bits per heavy atom. The van der Waals surface area contributed by atoms with Crippen LogP contribution in [0.4, 0.5) is 5.69 Å². The second-order valence-electron chi connectivity index (χ2n) is 5.16. The zero-order chi connectivity index (χ0) is 15.4. The predicted octanol–water partition coefficient (Wildman–Crippen LogP) is 4.61. The van der Waals surface area contributed by atoms with Crippen molar-refractivity contribution >= 4 is 29.1 Å². The molecule has 2 rings (SSSR count). The van der Waals surface area contributed by atoms with Crippen LogP contribution in [0.2, 0.25) is 5.02 Å². The normalized spacial score (nSPS) is 10.9. The van der Waals surface area contributed by atoms with Gasteiger partial charge in [0.05, 0.1) is 0 Å². The Morgan fingerprint density at radius 2 is 1.76 bits per heavy atom. The maximum atomic E-state index is 12.1. The monoisotopic (exact) mass is 299 g/mol. The third-order valence-corrected chi connectivity index (χ3v) is 3.58. The Morgan fingerprint density at radius 3 is 2.33 bits per heavy atom. The lowest BCUT2D eigenvalue weighted by molar-refractivity contribution is 0.104. The smallest absolute Gasteiger partial charge is 0.185 e. The molecule has 0 heterocycles. The molecule has 0 aliphatic rings. The van der Waals surface area contributed by atoms with E-state index >= 15 is 0 Å². The lowest BCUT2D eigenvalue weighted by Crippen LogP contribution is -2.08. The Hall–Kier alpha value is -2.06. The zero-order valence-electron chi connectivity index (χ0n) is 12.4. The van der Waals surface area contributed by atoms with Gasteiger partial charge in [0.15, 0.2) is 5.78 Å². The standard InChI is InChI=1S/C18H18ClNO/c1-13-4-6-15(7-5-13)18(21)11-9-14-8-10-16(20(2)3)12-17(14)19/h4-12H,1-3H3. The van der Waals surface area contributed by atoms with Crippen LogP contribution < -0.4 is 4.90 Å². The fourth-order valence-electron chi connectivity index (χ4n) is 1.91. The summed E-state index contributed by atoms with van der Waals surface area (Å²) in [6, 6.07) is 13.3. The van der Waals surface area contributed by atoms with Crippen molar-refractivity contribution in [1.29, 1.82) is 0 Å². The van der Waals surface area contributed by atoms with Crippen LogP contribution in [0.15, 0.2) is 48.5 Å². The van der Waals surface area contributed by atoms with E-state index in [1.165, 1.54) is 0 Å². The van der Waals surface area contributed by atoms with E-state index in [9.17, 15) is 4.79 Å². The Bertz CT molecular complexity index is 672. The van der Waals surface area contributed by atoms with Crippen LogP contribution in [0, 0.1) is 6.92 Å². The van der Waals surface area contributed by atoms with Crippen molar-refractivity contribution in [3.63, 3.8) is 0 Å². The highest BCUT2D eigenvalue weighted by Crippen LogP contribution is 2.23. The summed E-state index contributed by atoms with van der Waals surface area (Å²) in [5.74, 6) is -0.0252. The number of halogens is 1. The lowest BCUT2D eigenvalue weighted by atomic mass is 10.1. The number of ketones is 1. The molecule has 0 aliphatic carbocycles. The van der Waals surface area contributed by atoms with Gasteiger partial charge in [0.1, 0.15) is 0 Å². The number of hydrogen-bond acceptors (Lipinski definition) is 2. The average Bonchev–Trinajstić information content (AvgIpc) is 2.46. The molecule has 0 fully saturated rings. The average molecular weight is 300 g/mol. The fraction of sp³-hybridized carbons (Fsp3) is 0.167. The van der Waals surface area contributed by atoms with Crippen molar-refractivity contribution in [3.05, 3.63) is 70.3 Å². The summed E-state index contributed by atoms with van der Waals surface area (Å²) in [5.41, 5.74) is 3.68. The first-order valence-electron chi connectivity index (χ1n) is 6.73. The molecule has 0 bridgehead atoms. The van der Waals surface area contributed by atoms with Gasteiger partial charge in [-0.1, -0.05) is 47.5 Å². The number of rotatable bonds is 4. The van der Waals surface area contributed by atoms with Gasteiger partial charge >= 0.3 is 0 Å². The van der Waals surface area contributed by atoms with Crippen molar-refractivity contribution in [2.24, 2.45) is 0 Å². The zero-order valence-corrected chi connectivity index (χ0v) is 13.2. The summed E-state index contributed by atoms with van der Waals surface area (Å²) < 4.78 is 0. The van der Waals surface area contributed by atoms with Crippen molar-refractivity contribution < 1.29 is 4.79 Å². The van der Waals surface area contributed by atoms with E-state index < -0.39 is 0 Å². The number of benzene rings is 2. The van der Waals surface area contributed by atoms with E-state index in [0.29, 0.717) is 10.6 Å². The minimum atomic E-state index is -0.0252. The van der Waals surface area contributed by atoms with E-state index in [4.69, 9.17) is 11.6 Å². The predicted molar refractivity (Wildman–Crippen MR) is 90.3 cm³/mol. The van der Waals surface area contributed by atoms with Crippen molar-refractivity contribution in [1.82, 2.24) is 0 Å². The van der Waals surface area contributed by atoms with Gasteiger partial charge in [-0.05, 0) is 36.8 Å². The van der Waals surface area contributed by atoms with E-state index in [0.717, 1.165) is 16.8 Å². The molecule has 0 N–H and O–H groups in total. The molecular weight excluding hydrogens is 282 g/mol. The minimum absolute atomic E-state index is 0.0252. The van der Waals surface area contributed by atoms with E-state index in [-0.39, 0.29) is 5.78 Å². The number of aryl methyl sites for hydroxylation is 1. The molecule has 0 saturated heterocycles. The maximum Gasteiger partial charge on any atom is 0.185 e. The van der Waals surface area contributed by atoms with Crippen LogP contribution >= 0.6 is 11.6 Å². The third kappa shape index (κ3) is 3.96. The van der Waals surface area contributed by atoms with Crippen molar-refractivity contribution in [3.8, 4) is 0 Å². The third-order valence-electron chi connectivity index (χ3n) is 3.25. The second-order valence-corrected chi connectivity index (χ2v) is 5.57. The van der Waals surface area contributed by atoms with Crippen LogP contribution in [0.25, 0.3) is 6.08 Å². The van der Waals surface area contributed by atoms with Gasteiger partial charge in [0.25, 0.3) is 0 Å². The highest BCUT2D eigenvalue weighted by Gasteiger charge is 2.03. The van der Waals surface area contributed by atoms with E-state index in [1.807, 2.05) is 68.4 Å². The summed E-state index contributed by atoms with van der Waals surface area (Å²) >= 11 is 6.23. The fourth-order valence-corrected chi connectivity index (χ4v) is 2.15. The van der Waals surface area contributed by atoms with Crippen LogP contribution in [0.5, 0.6) is 0 Å². The van der Waals surface area contributed by atoms with Crippen LogP contribution in [-0.4, -0.2) is 19.9 Å². The lowest BCUT2D eigenvalue weighted by Gasteiger charge is -2.13. The number of allylic oxidation sites excluding steroid dienone is 1. The summed E-state index contributed by atoms with van der Waals surface area (Å²) in [7, 11) is 3.92. The van der Waals surface area contributed by atoms with Gasteiger partial charge in [0, 0.05) is 30.4 Å². The van der Waals surface area contributed by atoms with Gasteiger partial charge in [-0.25, -0.2) is 0 Å². The largest absolute Gasteiger partial charge is 0.378 e. The molecule has 2 aromatic rings. The molecule has 0 aliphatic heterocycles. The Balaban J connectivity index is 2.17. The summed E-state index contributed by atoms with van der Waals surface area (Å²) in [4.78, 5) is 14.1. The molecule has 0 amide bonds. The highest BCUT2D eigenvalue weighted by atomic mass is 35.5. The highest BCUT2D eigenvalue weighted by molar-refractivity contribution is 6.32. The molecule has 21 heavy (non-hydrogen) atoms.